The van der Waals surface area contributed by atoms with Crippen LogP contribution in [0.2, 0.25) is 0 Å². The Labute approximate surface area is 164 Å². The molecule has 1 aromatic carbocycles. The molecular formula is C21H26N4O3. The molecule has 0 aliphatic heterocycles. The first-order chi connectivity index (χ1) is 13.3. The number of nitrogens with one attached hydrogen (secondary N) is 1. The van der Waals surface area contributed by atoms with Crippen LogP contribution in [0.3, 0.4) is 0 Å². The maximum Gasteiger partial charge on any atom is 0.256 e. The highest BCUT2D eigenvalue weighted by atomic mass is 16.5. The Morgan fingerprint density at radius 3 is 2.39 bits per heavy atom. The lowest BCUT2D eigenvalue weighted by Gasteiger charge is -2.13. The molecule has 0 radical (unpaired) electrons. The van der Waals surface area contributed by atoms with Crippen molar-refractivity contribution < 1.29 is 14.3 Å². The van der Waals surface area contributed by atoms with Gasteiger partial charge in [-0.3, -0.25) is 4.79 Å². The molecule has 2 aromatic heterocycles. The van der Waals surface area contributed by atoms with Crippen LogP contribution in [0.25, 0.3) is 11.0 Å². The summed E-state index contributed by atoms with van der Waals surface area (Å²) in [7, 11) is 3.13. The zero-order valence-corrected chi connectivity index (χ0v) is 17.1. The maximum atomic E-state index is 13.1. The standard InChI is InChI=1S/C21H26N4O3/c1-12(2)17-10-15(16-11-22-25(13(3)4)20(16)24-17)21(26)23-14-7-8-18(27-5)19(9-14)28-6/h7-13H,1-6H3,(H,23,26). The van der Waals surface area contributed by atoms with E-state index in [-0.39, 0.29) is 17.9 Å². The lowest BCUT2D eigenvalue weighted by atomic mass is 10.0. The van der Waals surface area contributed by atoms with Crippen LogP contribution in [-0.4, -0.2) is 34.9 Å². The topological polar surface area (TPSA) is 78.3 Å². The van der Waals surface area contributed by atoms with Gasteiger partial charge in [-0.05, 0) is 38.0 Å². The molecule has 0 unspecified atom stereocenters. The van der Waals surface area contributed by atoms with Gasteiger partial charge in [-0.1, -0.05) is 13.8 Å². The first-order valence-electron chi connectivity index (χ1n) is 9.27. The van der Waals surface area contributed by atoms with Crippen molar-refractivity contribution in [1.29, 1.82) is 0 Å². The van der Waals surface area contributed by atoms with Crippen molar-refractivity contribution in [3.63, 3.8) is 0 Å². The molecule has 28 heavy (non-hydrogen) atoms. The molecule has 2 heterocycles. The summed E-state index contributed by atoms with van der Waals surface area (Å²) in [5, 5.41) is 8.11. The van der Waals surface area contributed by atoms with Crippen molar-refractivity contribution in [2.75, 3.05) is 19.5 Å². The fourth-order valence-corrected chi connectivity index (χ4v) is 3.01. The van der Waals surface area contributed by atoms with Gasteiger partial charge in [-0.15, -0.1) is 0 Å². The molecule has 0 atom stereocenters. The molecule has 7 heteroatoms. The second-order valence-electron chi connectivity index (χ2n) is 7.19. The van der Waals surface area contributed by atoms with E-state index in [1.165, 1.54) is 0 Å². The zero-order chi connectivity index (χ0) is 20.4. The van der Waals surface area contributed by atoms with E-state index in [1.54, 1.807) is 38.6 Å². The van der Waals surface area contributed by atoms with E-state index >= 15 is 0 Å². The van der Waals surface area contributed by atoms with Gasteiger partial charge in [0.2, 0.25) is 0 Å². The van der Waals surface area contributed by atoms with Gasteiger partial charge in [0.15, 0.2) is 17.1 Å². The number of anilines is 1. The number of hydrogen-bond acceptors (Lipinski definition) is 5. The van der Waals surface area contributed by atoms with E-state index in [2.05, 4.69) is 24.3 Å². The molecule has 0 fully saturated rings. The van der Waals surface area contributed by atoms with Gasteiger partial charge in [-0.25, -0.2) is 9.67 Å². The minimum atomic E-state index is -0.218. The van der Waals surface area contributed by atoms with Crippen LogP contribution in [0.15, 0.2) is 30.5 Å². The molecule has 0 bridgehead atoms. The molecule has 3 rings (SSSR count). The van der Waals surface area contributed by atoms with Crippen molar-refractivity contribution in [2.45, 2.75) is 39.7 Å². The van der Waals surface area contributed by atoms with E-state index < -0.39 is 0 Å². The highest BCUT2D eigenvalue weighted by Gasteiger charge is 2.19. The first kappa shape index (κ1) is 19.7. The van der Waals surface area contributed by atoms with E-state index in [9.17, 15) is 4.79 Å². The number of benzene rings is 1. The minimum Gasteiger partial charge on any atom is -0.493 e. The molecule has 0 spiro atoms. The number of carbonyl (C=O) groups excluding carboxylic acids is 1. The summed E-state index contributed by atoms with van der Waals surface area (Å²) in [6.45, 7) is 8.19. The predicted molar refractivity (Wildman–Crippen MR) is 110 cm³/mol. The number of hydrogen-bond donors (Lipinski definition) is 1. The van der Waals surface area contributed by atoms with Gasteiger partial charge in [0, 0.05) is 23.5 Å². The quantitative estimate of drug-likeness (QED) is 0.683. The fraction of sp³-hybridized carbons (Fsp3) is 0.381. The van der Waals surface area contributed by atoms with Crippen molar-refractivity contribution in [1.82, 2.24) is 14.8 Å². The normalized spacial score (nSPS) is 11.3. The number of aromatic nitrogens is 3. The average molecular weight is 382 g/mol. The Hall–Kier alpha value is -3.09. The first-order valence-corrected chi connectivity index (χ1v) is 9.27. The van der Waals surface area contributed by atoms with Crippen LogP contribution in [0, 0.1) is 0 Å². The number of nitrogens with zero attached hydrogens (tertiary/aromatic N) is 3. The second kappa shape index (κ2) is 7.88. The Morgan fingerprint density at radius 2 is 1.79 bits per heavy atom. The molecule has 148 valence electrons. The maximum absolute atomic E-state index is 13.1. The molecule has 0 aliphatic rings. The summed E-state index contributed by atoms with van der Waals surface area (Å²) in [6.07, 6.45) is 1.70. The minimum absolute atomic E-state index is 0.147. The SMILES string of the molecule is COc1ccc(NC(=O)c2cc(C(C)C)nc3c2cnn3C(C)C)cc1OC. The monoisotopic (exact) mass is 382 g/mol. The summed E-state index contributed by atoms with van der Waals surface area (Å²) >= 11 is 0. The summed E-state index contributed by atoms with van der Waals surface area (Å²) < 4.78 is 12.4. The van der Waals surface area contributed by atoms with Gasteiger partial charge < -0.3 is 14.8 Å². The number of carbonyl (C=O) groups is 1. The lowest BCUT2D eigenvalue weighted by molar-refractivity contribution is 0.102. The van der Waals surface area contributed by atoms with E-state index in [0.717, 1.165) is 16.7 Å². The van der Waals surface area contributed by atoms with E-state index in [1.807, 2.05) is 24.6 Å². The zero-order valence-electron chi connectivity index (χ0n) is 17.1. The van der Waals surface area contributed by atoms with Gasteiger partial charge in [0.25, 0.3) is 5.91 Å². The van der Waals surface area contributed by atoms with Crippen molar-refractivity contribution >= 4 is 22.6 Å². The van der Waals surface area contributed by atoms with Crippen molar-refractivity contribution in [3.8, 4) is 11.5 Å². The molecular weight excluding hydrogens is 356 g/mol. The van der Waals surface area contributed by atoms with Crippen LogP contribution >= 0.6 is 0 Å². The third-order valence-electron chi connectivity index (χ3n) is 4.55. The fourth-order valence-electron chi connectivity index (χ4n) is 3.01. The second-order valence-corrected chi connectivity index (χ2v) is 7.19. The molecule has 0 saturated carbocycles. The largest absolute Gasteiger partial charge is 0.493 e. The Balaban J connectivity index is 2.04. The van der Waals surface area contributed by atoms with Crippen LogP contribution in [0.5, 0.6) is 11.5 Å². The number of amides is 1. The summed E-state index contributed by atoms with van der Waals surface area (Å²) in [6, 6.07) is 7.26. The molecule has 1 amide bonds. The predicted octanol–water partition coefficient (Wildman–Crippen LogP) is 4.41. The van der Waals surface area contributed by atoms with Crippen molar-refractivity contribution in [2.24, 2.45) is 0 Å². The number of ether oxygens (including phenoxy) is 2. The Kier molecular flexibility index (Phi) is 5.53. The van der Waals surface area contributed by atoms with Crippen LogP contribution in [-0.2, 0) is 0 Å². The third kappa shape index (κ3) is 3.65. The highest BCUT2D eigenvalue weighted by Crippen LogP contribution is 2.30. The van der Waals surface area contributed by atoms with Crippen LogP contribution in [0.4, 0.5) is 5.69 Å². The molecule has 3 aromatic rings. The number of rotatable bonds is 6. The lowest BCUT2D eigenvalue weighted by Crippen LogP contribution is -2.14. The molecule has 7 nitrogen and oxygen atoms in total. The number of pyridine rings is 1. The number of fused-ring (bicyclic) bond motifs is 1. The Bertz CT molecular complexity index is 1010. The smallest absolute Gasteiger partial charge is 0.256 e. The third-order valence-corrected chi connectivity index (χ3v) is 4.55. The molecule has 0 aliphatic carbocycles. The van der Waals surface area contributed by atoms with Gasteiger partial charge in [-0.2, -0.15) is 5.10 Å². The summed E-state index contributed by atoms with van der Waals surface area (Å²) in [5.74, 6) is 1.13. The van der Waals surface area contributed by atoms with Crippen molar-refractivity contribution in [3.05, 3.63) is 41.7 Å². The summed E-state index contributed by atoms with van der Waals surface area (Å²) in [5.41, 5.74) is 2.75. The van der Waals surface area contributed by atoms with Gasteiger partial charge >= 0.3 is 0 Å². The molecule has 0 saturated heterocycles. The van der Waals surface area contributed by atoms with Gasteiger partial charge in [0.05, 0.1) is 31.4 Å². The van der Waals surface area contributed by atoms with Gasteiger partial charge in [0.1, 0.15) is 0 Å². The number of methoxy groups -OCH3 is 2. The van der Waals surface area contributed by atoms with E-state index in [0.29, 0.717) is 22.7 Å². The summed E-state index contributed by atoms with van der Waals surface area (Å²) in [4.78, 5) is 17.8. The Morgan fingerprint density at radius 1 is 1.07 bits per heavy atom. The average Bonchev–Trinajstić information content (AvgIpc) is 3.11. The van der Waals surface area contributed by atoms with E-state index in [4.69, 9.17) is 14.5 Å². The van der Waals surface area contributed by atoms with Crippen LogP contribution < -0.4 is 14.8 Å². The van der Waals surface area contributed by atoms with Crippen LogP contribution in [0.1, 0.15) is 55.7 Å². The molecule has 1 N–H and O–H groups in total. The highest BCUT2D eigenvalue weighted by molar-refractivity contribution is 6.12.